The molecule has 5 rings (SSSR count). The first-order valence-electron chi connectivity index (χ1n) is 8.67. The number of benzene rings is 2. The number of halogens is 1. The maximum atomic E-state index is 13.1. The molecule has 2 N–H and O–H groups in total. The number of aryl methyl sites for hydroxylation is 1. The molecule has 2 heterocycles. The van der Waals surface area contributed by atoms with E-state index in [0.29, 0.717) is 5.92 Å². The lowest BCUT2D eigenvalue weighted by Gasteiger charge is -2.20. The van der Waals surface area contributed by atoms with E-state index in [1.54, 1.807) is 12.1 Å². The van der Waals surface area contributed by atoms with Gasteiger partial charge in [-0.25, -0.2) is 9.37 Å². The predicted molar refractivity (Wildman–Crippen MR) is 97.0 cm³/mol. The summed E-state index contributed by atoms with van der Waals surface area (Å²) < 4.78 is 13.1. The van der Waals surface area contributed by atoms with Crippen molar-refractivity contribution in [2.75, 3.05) is 0 Å². The van der Waals surface area contributed by atoms with Crippen LogP contribution in [-0.2, 0) is 12.8 Å². The highest BCUT2D eigenvalue weighted by molar-refractivity contribution is 5.85. The SMILES string of the molecule is Fc1ccc(-c2cnc([C@@H]3CCc4[nH]c5ccccc5c4C3)[nH]2)cc1. The van der Waals surface area contributed by atoms with Crippen LogP contribution < -0.4 is 0 Å². The molecule has 0 unspecified atom stereocenters. The van der Waals surface area contributed by atoms with Crippen molar-refractivity contribution in [3.05, 3.63) is 77.6 Å². The Morgan fingerprint density at radius 1 is 1.00 bits per heavy atom. The third-order valence-electron chi connectivity index (χ3n) is 5.23. The summed E-state index contributed by atoms with van der Waals surface area (Å²) in [4.78, 5) is 11.6. The Labute approximate surface area is 144 Å². The fraction of sp³-hybridized carbons (Fsp3) is 0.190. The van der Waals surface area contributed by atoms with Gasteiger partial charge in [0, 0.05) is 22.5 Å². The van der Waals surface area contributed by atoms with Crippen molar-refractivity contribution < 1.29 is 4.39 Å². The topological polar surface area (TPSA) is 44.5 Å². The molecule has 0 saturated carbocycles. The normalized spacial score (nSPS) is 16.9. The Morgan fingerprint density at radius 3 is 2.72 bits per heavy atom. The summed E-state index contributed by atoms with van der Waals surface area (Å²) >= 11 is 0. The van der Waals surface area contributed by atoms with Gasteiger partial charge in [-0.2, -0.15) is 0 Å². The van der Waals surface area contributed by atoms with Crippen LogP contribution in [0.5, 0.6) is 0 Å². The molecular weight excluding hydrogens is 313 g/mol. The Morgan fingerprint density at radius 2 is 1.84 bits per heavy atom. The zero-order chi connectivity index (χ0) is 16.8. The second kappa shape index (κ2) is 5.59. The molecule has 25 heavy (non-hydrogen) atoms. The number of aromatic nitrogens is 3. The molecule has 0 amide bonds. The summed E-state index contributed by atoms with van der Waals surface area (Å²) in [6.07, 6.45) is 4.97. The first-order valence-corrected chi connectivity index (χ1v) is 8.67. The molecule has 0 saturated heterocycles. The first-order chi connectivity index (χ1) is 12.3. The van der Waals surface area contributed by atoms with Crippen LogP contribution in [0, 0.1) is 5.82 Å². The predicted octanol–water partition coefficient (Wildman–Crippen LogP) is 4.97. The van der Waals surface area contributed by atoms with Gasteiger partial charge in [-0.1, -0.05) is 18.2 Å². The molecule has 3 nitrogen and oxygen atoms in total. The Balaban J connectivity index is 1.46. The van der Waals surface area contributed by atoms with Crippen LogP contribution >= 0.6 is 0 Å². The van der Waals surface area contributed by atoms with E-state index < -0.39 is 0 Å². The first kappa shape index (κ1) is 14.5. The summed E-state index contributed by atoms with van der Waals surface area (Å²) in [6, 6.07) is 15.0. The second-order valence-corrected chi connectivity index (χ2v) is 6.76. The van der Waals surface area contributed by atoms with Gasteiger partial charge >= 0.3 is 0 Å². The Kier molecular flexibility index (Phi) is 3.23. The van der Waals surface area contributed by atoms with Crippen molar-refractivity contribution in [3.8, 4) is 11.3 Å². The molecule has 1 aliphatic carbocycles. The molecule has 1 atom stereocenters. The van der Waals surface area contributed by atoms with Gasteiger partial charge in [0.1, 0.15) is 11.6 Å². The molecule has 0 bridgehead atoms. The lowest BCUT2D eigenvalue weighted by atomic mass is 9.86. The molecule has 1 aliphatic rings. The molecule has 2 aromatic carbocycles. The van der Waals surface area contributed by atoms with Gasteiger partial charge in [0.2, 0.25) is 0 Å². The highest BCUT2D eigenvalue weighted by Crippen LogP contribution is 2.36. The Bertz CT molecular complexity index is 1040. The van der Waals surface area contributed by atoms with Crippen molar-refractivity contribution in [3.63, 3.8) is 0 Å². The molecule has 4 aromatic rings. The molecule has 124 valence electrons. The fourth-order valence-corrected chi connectivity index (χ4v) is 3.92. The van der Waals surface area contributed by atoms with E-state index in [1.807, 2.05) is 6.20 Å². The summed E-state index contributed by atoms with van der Waals surface area (Å²) in [6.45, 7) is 0. The van der Waals surface area contributed by atoms with Crippen LogP contribution in [0.2, 0.25) is 0 Å². The third kappa shape index (κ3) is 2.45. The van der Waals surface area contributed by atoms with Gasteiger partial charge in [0.05, 0.1) is 11.9 Å². The van der Waals surface area contributed by atoms with Crippen molar-refractivity contribution >= 4 is 10.9 Å². The second-order valence-electron chi connectivity index (χ2n) is 6.76. The molecule has 4 heteroatoms. The van der Waals surface area contributed by atoms with Crippen LogP contribution in [0.25, 0.3) is 22.2 Å². The monoisotopic (exact) mass is 331 g/mol. The van der Waals surface area contributed by atoms with E-state index >= 15 is 0 Å². The van der Waals surface area contributed by atoms with E-state index in [9.17, 15) is 4.39 Å². The van der Waals surface area contributed by atoms with Crippen molar-refractivity contribution in [2.45, 2.75) is 25.2 Å². The zero-order valence-corrected chi connectivity index (χ0v) is 13.7. The number of hydrogen-bond acceptors (Lipinski definition) is 1. The van der Waals surface area contributed by atoms with Crippen LogP contribution in [-0.4, -0.2) is 15.0 Å². The summed E-state index contributed by atoms with van der Waals surface area (Å²) in [7, 11) is 0. The van der Waals surface area contributed by atoms with E-state index in [-0.39, 0.29) is 5.82 Å². The largest absolute Gasteiger partial charge is 0.358 e. The quantitative estimate of drug-likeness (QED) is 0.535. The van der Waals surface area contributed by atoms with Crippen LogP contribution in [0.15, 0.2) is 54.7 Å². The van der Waals surface area contributed by atoms with Crippen molar-refractivity contribution in [1.82, 2.24) is 15.0 Å². The molecule has 0 spiro atoms. The number of aromatic amines is 2. The van der Waals surface area contributed by atoms with Crippen molar-refractivity contribution in [2.24, 2.45) is 0 Å². The Hall–Kier alpha value is -2.88. The highest BCUT2D eigenvalue weighted by Gasteiger charge is 2.25. The minimum absolute atomic E-state index is 0.220. The average Bonchev–Trinajstić information content (AvgIpc) is 3.26. The standard InChI is InChI=1S/C21H18FN3/c22-15-8-5-13(6-9-15)20-12-23-21(25-20)14-7-10-19-17(11-14)16-3-1-2-4-18(16)24-19/h1-6,8-9,12,14,24H,7,10-11H2,(H,23,25)/t14-/m1/s1. The van der Waals surface area contributed by atoms with Gasteiger partial charge in [-0.05, 0) is 60.7 Å². The summed E-state index contributed by atoms with van der Waals surface area (Å²) in [5.41, 5.74) is 5.91. The molecule has 2 aromatic heterocycles. The number of nitrogens with zero attached hydrogens (tertiary/aromatic N) is 1. The van der Waals surface area contributed by atoms with Gasteiger partial charge in [0.15, 0.2) is 0 Å². The number of H-pyrrole nitrogens is 2. The molecular formula is C21H18FN3. The minimum atomic E-state index is -0.220. The van der Waals surface area contributed by atoms with Gasteiger partial charge in [0.25, 0.3) is 0 Å². The number of para-hydroxylation sites is 1. The minimum Gasteiger partial charge on any atom is -0.358 e. The van der Waals surface area contributed by atoms with Gasteiger partial charge in [-0.3, -0.25) is 0 Å². The van der Waals surface area contributed by atoms with E-state index in [1.165, 1.54) is 34.3 Å². The highest BCUT2D eigenvalue weighted by atomic mass is 19.1. The van der Waals surface area contributed by atoms with Gasteiger partial charge < -0.3 is 9.97 Å². The van der Waals surface area contributed by atoms with Crippen LogP contribution in [0.3, 0.4) is 0 Å². The maximum absolute atomic E-state index is 13.1. The molecule has 0 fully saturated rings. The van der Waals surface area contributed by atoms with Crippen LogP contribution in [0.1, 0.15) is 29.4 Å². The smallest absolute Gasteiger partial charge is 0.123 e. The lowest BCUT2D eigenvalue weighted by molar-refractivity contribution is 0.558. The molecule has 0 radical (unpaired) electrons. The van der Waals surface area contributed by atoms with Crippen molar-refractivity contribution in [1.29, 1.82) is 0 Å². The lowest BCUT2D eigenvalue weighted by Crippen LogP contribution is -2.13. The third-order valence-corrected chi connectivity index (χ3v) is 5.23. The summed E-state index contributed by atoms with van der Waals surface area (Å²) in [5.74, 6) is 1.19. The van der Waals surface area contributed by atoms with Crippen LogP contribution in [0.4, 0.5) is 4.39 Å². The number of nitrogens with one attached hydrogen (secondary N) is 2. The summed E-state index contributed by atoms with van der Waals surface area (Å²) in [5, 5.41) is 1.33. The zero-order valence-electron chi connectivity index (χ0n) is 13.7. The van der Waals surface area contributed by atoms with E-state index in [4.69, 9.17) is 0 Å². The number of fused-ring (bicyclic) bond motifs is 3. The molecule has 0 aliphatic heterocycles. The van der Waals surface area contributed by atoms with E-state index in [2.05, 4.69) is 39.2 Å². The number of hydrogen-bond donors (Lipinski definition) is 2. The number of imidazole rings is 1. The maximum Gasteiger partial charge on any atom is 0.123 e. The average molecular weight is 331 g/mol. The number of rotatable bonds is 2. The van der Waals surface area contributed by atoms with Gasteiger partial charge in [-0.15, -0.1) is 0 Å². The fourth-order valence-electron chi connectivity index (χ4n) is 3.92. The van der Waals surface area contributed by atoms with E-state index in [0.717, 1.165) is 36.3 Å².